The van der Waals surface area contributed by atoms with Gasteiger partial charge in [-0.25, -0.2) is 14.4 Å². The zero-order chi connectivity index (χ0) is 51.4. The Kier molecular flexibility index (Phi) is 63.7. The molecule has 6 N–H and O–H groups in total. The van der Waals surface area contributed by atoms with Crippen molar-refractivity contribution in [1.82, 2.24) is 26.6 Å². The van der Waals surface area contributed by atoms with E-state index in [2.05, 4.69) is 26.6 Å². The standard InChI is InChI=1S/C44H89N6O21.Y/c1-46-4-10-55-16-22-61-28-34-67-37-30-63-24-18-57-12-6-48-42(51)69-39-41(71-44(53)50-8-14-59-20-26-65-32-36-66-33-27-60-21-15-54-9-3-45)40-70-43(52)49-7-13-58-19-25-64-31-38-68-35-29-62-23-17-56-11-5-47-2;/h41,45-47H,3-40H2,1-2H3,(H,48,51)(H,49,52)(H,50,53);/q-1;. The van der Waals surface area contributed by atoms with Gasteiger partial charge >= 0.3 is 18.3 Å². The van der Waals surface area contributed by atoms with Crippen molar-refractivity contribution in [2.75, 3.05) is 265 Å². The van der Waals surface area contributed by atoms with E-state index in [4.69, 9.17) is 91.0 Å². The second-order valence-corrected chi connectivity index (χ2v) is 14.1. The van der Waals surface area contributed by atoms with E-state index in [0.717, 1.165) is 13.1 Å². The van der Waals surface area contributed by atoms with Gasteiger partial charge in [-0.15, -0.1) is 6.54 Å². The largest absolute Gasteiger partial charge is 0.676 e. The maximum absolute atomic E-state index is 12.6. The Morgan fingerprint density at radius 3 is 0.764 bits per heavy atom. The van der Waals surface area contributed by atoms with Crippen LogP contribution in [0.15, 0.2) is 0 Å². The second kappa shape index (κ2) is 63.5. The van der Waals surface area contributed by atoms with Crippen LogP contribution in [0, 0.1) is 0 Å². The first-order chi connectivity index (χ1) is 35.0. The molecule has 425 valence electrons. The van der Waals surface area contributed by atoms with Crippen LogP contribution in [0.2, 0.25) is 0 Å². The number of carbonyl (C=O) groups is 3. The van der Waals surface area contributed by atoms with E-state index in [1.165, 1.54) is 0 Å². The summed E-state index contributed by atoms with van der Waals surface area (Å²) in [6, 6.07) is 0. The normalized spacial score (nSPS) is 11.2. The Hall–Kier alpha value is -1.81. The second-order valence-electron chi connectivity index (χ2n) is 14.1. The van der Waals surface area contributed by atoms with Crippen LogP contribution in [0.1, 0.15) is 0 Å². The number of rotatable bonds is 58. The number of alkyl carbamates (subject to hydrolysis) is 3. The van der Waals surface area contributed by atoms with Crippen molar-refractivity contribution >= 4 is 18.3 Å². The molecule has 0 rings (SSSR count). The molecular formula is C44H89N6O21Y-. The van der Waals surface area contributed by atoms with Gasteiger partial charge in [0.25, 0.3) is 0 Å². The molecular weight excluding hydrogens is 1040 g/mol. The summed E-state index contributed by atoms with van der Waals surface area (Å²) in [5, 5.41) is 13.6. The summed E-state index contributed by atoms with van der Waals surface area (Å²) >= 11 is 0. The Morgan fingerprint density at radius 1 is 0.319 bits per heavy atom. The van der Waals surface area contributed by atoms with E-state index in [1.807, 2.05) is 14.1 Å². The smallest absolute Gasteiger partial charge is 0.407 e. The molecule has 0 heterocycles. The molecule has 28 heteroatoms. The van der Waals surface area contributed by atoms with Gasteiger partial charge in [0, 0.05) is 72.0 Å². The Labute approximate surface area is 451 Å². The van der Waals surface area contributed by atoms with E-state index in [1.54, 1.807) is 0 Å². The molecule has 3 amide bonds. The minimum Gasteiger partial charge on any atom is -0.676 e. The van der Waals surface area contributed by atoms with Gasteiger partial charge in [0.2, 0.25) is 0 Å². The minimum absolute atomic E-state index is 0. The molecule has 0 aromatic heterocycles. The van der Waals surface area contributed by atoms with Crippen LogP contribution >= 0.6 is 0 Å². The van der Waals surface area contributed by atoms with E-state index in [-0.39, 0.29) is 85.3 Å². The molecule has 0 saturated carbocycles. The van der Waals surface area contributed by atoms with Gasteiger partial charge in [-0.2, -0.15) is 0 Å². The van der Waals surface area contributed by atoms with Crippen molar-refractivity contribution in [3.05, 3.63) is 5.73 Å². The van der Waals surface area contributed by atoms with Crippen LogP contribution in [0.3, 0.4) is 0 Å². The number of amides is 3. The SMILES string of the molecule is CNCCOCCOCCOCCOCCOCCNC(=O)OCC(COC(=O)NCCOCCOCCOCCOCCOCCNC)OC(=O)NCCOCCOCCOCCOCCOCC[NH-].[Y]. The molecule has 0 spiro atoms. The summed E-state index contributed by atoms with van der Waals surface area (Å²) in [6.45, 7) is 13.7. The Morgan fingerprint density at radius 2 is 0.528 bits per heavy atom. The summed E-state index contributed by atoms with van der Waals surface area (Å²) in [5.41, 5.74) is 7.01. The molecule has 1 radical (unpaired) electrons. The van der Waals surface area contributed by atoms with E-state index in [9.17, 15) is 14.4 Å². The van der Waals surface area contributed by atoms with Crippen molar-refractivity contribution < 1.29 is 132 Å². The number of nitrogens with one attached hydrogen (secondary N) is 6. The zero-order valence-corrected chi connectivity index (χ0v) is 45.9. The van der Waals surface area contributed by atoms with Crippen molar-refractivity contribution in [2.24, 2.45) is 0 Å². The van der Waals surface area contributed by atoms with Crippen molar-refractivity contribution in [1.29, 1.82) is 0 Å². The molecule has 0 bridgehead atoms. The number of hydrogen-bond donors (Lipinski definition) is 5. The molecule has 0 unspecified atom stereocenters. The van der Waals surface area contributed by atoms with Gasteiger partial charge in [0.05, 0.1) is 192 Å². The first kappa shape index (κ1) is 72.3. The third-order valence-corrected chi connectivity index (χ3v) is 8.32. The fourth-order valence-corrected chi connectivity index (χ4v) is 4.79. The quantitative estimate of drug-likeness (QED) is 0.0371. The Bertz CT molecular complexity index is 1070. The Balaban J connectivity index is 0. The van der Waals surface area contributed by atoms with Gasteiger partial charge < -0.3 is 118 Å². The van der Waals surface area contributed by atoms with E-state index >= 15 is 0 Å². The monoisotopic (exact) mass is 1130 g/mol. The van der Waals surface area contributed by atoms with Crippen LogP contribution in [-0.2, 0) is 118 Å². The topological polar surface area (TPSA) is 301 Å². The number of ether oxygens (including phenoxy) is 18. The predicted molar refractivity (Wildman–Crippen MR) is 256 cm³/mol. The average molecular weight is 1130 g/mol. The summed E-state index contributed by atoms with van der Waals surface area (Å²) in [7, 11) is 3.74. The molecule has 0 saturated heterocycles. The average Bonchev–Trinajstić information content (AvgIpc) is 3.37. The first-order valence-corrected chi connectivity index (χ1v) is 24.4. The molecule has 0 aromatic carbocycles. The molecule has 27 nitrogen and oxygen atoms in total. The number of hydrogen-bond acceptors (Lipinski definition) is 23. The zero-order valence-electron chi connectivity index (χ0n) is 43.1. The van der Waals surface area contributed by atoms with Gasteiger partial charge in [-0.3, -0.25) is 0 Å². The number of carbonyl (C=O) groups excluding carboxylic acids is 3. The van der Waals surface area contributed by atoms with Gasteiger partial charge in [-0.1, -0.05) is 0 Å². The maximum atomic E-state index is 12.6. The molecule has 0 atom stereocenters. The fourth-order valence-electron chi connectivity index (χ4n) is 4.79. The molecule has 0 aliphatic rings. The van der Waals surface area contributed by atoms with Crippen molar-refractivity contribution in [3.8, 4) is 0 Å². The first-order valence-electron chi connectivity index (χ1n) is 24.4. The predicted octanol–water partition coefficient (Wildman–Crippen LogP) is -0.729. The van der Waals surface area contributed by atoms with E-state index < -0.39 is 37.6 Å². The van der Waals surface area contributed by atoms with Gasteiger partial charge in [0.1, 0.15) is 13.2 Å². The van der Waals surface area contributed by atoms with Crippen LogP contribution in [-0.4, -0.2) is 289 Å². The molecule has 72 heavy (non-hydrogen) atoms. The summed E-state index contributed by atoms with van der Waals surface area (Å²) in [4.78, 5) is 37.3. The number of likely N-dealkylation sites (N-methyl/N-ethyl adjacent to an activating group) is 2. The van der Waals surface area contributed by atoms with Crippen LogP contribution in [0.25, 0.3) is 5.73 Å². The minimum atomic E-state index is -1.14. The van der Waals surface area contributed by atoms with Crippen molar-refractivity contribution in [3.63, 3.8) is 0 Å². The summed E-state index contributed by atoms with van der Waals surface area (Å²) in [6.07, 6.45) is -3.57. The van der Waals surface area contributed by atoms with Gasteiger partial charge in [-0.05, 0) is 14.1 Å². The van der Waals surface area contributed by atoms with Gasteiger partial charge in [0.15, 0.2) is 6.10 Å². The molecule has 0 aromatic rings. The third kappa shape index (κ3) is 60.7. The molecule has 0 aliphatic heterocycles. The van der Waals surface area contributed by atoms with Crippen LogP contribution < -0.4 is 26.6 Å². The maximum Gasteiger partial charge on any atom is 0.407 e. The van der Waals surface area contributed by atoms with Crippen LogP contribution in [0.5, 0.6) is 0 Å². The summed E-state index contributed by atoms with van der Waals surface area (Å²) in [5.74, 6) is 0. The van der Waals surface area contributed by atoms with Crippen molar-refractivity contribution in [2.45, 2.75) is 6.10 Å². The fraction of sp³-hybridized carbons (Fsp3) is 0.932. The van der Waals surface area contributed by atoms with E-state index in [0.29, 0.717) is 172 Å². The third-order valence-electron chi connectivity index (χ3n) is 8.32. The van der Waals surface area contributed by atoms with Crippen LogP contribution in [0.4, 0.5) is 14.4 Å². The molecule has 0 aliphatic carbocycles. The summed E-state index contributed by atoms with van der Waals surface area (Å²) < 4.78 is 97.1. The molecule has 0 fully saturated rings.